The third-order valence-corrected chi connectivity index (χ3v) is 4.46. The molecule has 1 aliphatic heterocycles. The number of hydrogen-bond donors (Lipinski definition) is 2. The molecule has 1 aromatic rings. The summed E-state index contributed by atoms with van der Waals surface area (Å²) in [4.78, 5) is 12.1. The lowest BCUT2D eigenvalue weighted by Crippen LogP contribution is -2.50. The fraction of sp³-hybridized carbons (Fsp3) is 0.533. The molecular formula is C15H20BrFN2O. The number of amides is 1. The van der Waals surface area contributed by atoms with Crippen molar-refractivity contribution < 1.29 is 9.18 Å². The number of benzene rings is 1. The number of carbonyl (C=O) groups is 1. The van der Waals surface area contributed by atoms with Gasteiger partial charge < -0.3 is 10.6 Å². The molecule has 0 saturated carbocycles. The Bertz CT molecular complexity index is 491. The number of halogens is 2. The number of carbonyl (C=O) groups excluding carboxylic acids is 1. The molecule has 1 amide bonds. The number of nitrogens with one attached hydrogen (secondary N) is 2. The smallest absolute Gasteiger partial charge is 0.223 e. The molecule has 0 aliphatic carbocycles. The summed E-state index contributed by atoms with van der Waals surface area (Å²) in [6, 6.07) is 4.99. The van der Waals surface area contributed by atoms with Crippen LogP contribution in [0, 0.1) is 17.7 Å². The van der Waals surface area contributed by atoms with Gasteiger partial charge in [-0.3, -0.25) is 4.79 Å². The lowest BCUT2D eigenvalue weighted by Gasteiger charge is -2.32. The van der Waals surface area contributed by atoms with E-state index in [0.717, 1.165) is 18.7 Å². The first kappa shape index (κ1) is 15.4. The summed E-state index contributed by atoms with van der Waals surface area (Å²) in [5.41, 5.74) is 1.00. The van der Waals surface area contributed by atoms with Gasteiger partial charge in [0.05, 0.1) is 4.47 Å². The van der Waals surface area contributed by atoms with Gasteiger partial charge in [-0.15, -0.1) is 0 Å². The number of rotatable bonds is 5. The molecular weight excluding hydrogens is 323 g/mol. The zero-order valence-electron chi connectivity index (χ0n) is 11.7. The highest BCUT2D eigenvalue weighted by Gasteiger charge is 2.29. The normalized spacial score (nSPS) is 18.2. The van der Waals surface area contributed by atoms with Crippen molar-refractivity contribution in [3.8, 4) is 0 Å². The lowest BCUT2D eigenvalue weighted by molar-refractivity contribution is -0.127. The van der Waals surface area contributed by atoms with E-state index < -0.39 is 0 Å². The van der Waals surface area contributed by atoms with Gasteiger partial charge >= 0.3 is 0 Å². The molecule has 0 bridgehead atoms. The SMILES string of the molecule is CC(Cc1ccc(F)c(Br)c1)NC(=O)C(C)C1CNC1. The highest BCUT2D eigenvalue weighted by atomic mass is 79.9. The van der Waals surface area contributed by atoms with Gasteiger partial charge in [-0.25, -0.2) is 4.39 Å². The minimum absolute atomic E-state index is 0.0374. The van der Waals surface area contributed by atoms with Crippen LogP contribution in [0.2, 0.25) is 0 Å². The molecule has 1 saturated heterocycles. The lowest BCUT2D eigenvalue weighted by atomic mass is 9.88. The third-order valence-electron chi connectivity index (χ3n) is 3.85. The molecule has 1 fully saturated rings. The molecule has 0 spiro atoms. The second kappa shape index (κ2) is 6.68. The van der Waals surface area contributed by atoms with E-state index in [-0.39, 0.29) is 23.7 Å². The third kappa shape index (κ3) is 3.79. The van der Waals surface area contributed by atoms with E-state index >= 15 is 0 Å². The Morgan fingerprint density at radius 2 is 2.20 bits per heavy atom. The van der Waals surface area contributed by atoms with Gasteiger partial charge in [0.25, 0.3) is 0 Å². The van der Waals surface area contributed by atoms with Gasteiger partial charge in [0.15, 0.2) is 0 Å². The molecule has 2 rings (SSSR count). The molecule has 110 valence electrons. The standard InChI is InChI=1S/C15H20BrFN2O/c1-9(5-11-3-4-14(17)13(16)6-11)19-15(20)10(2)12-7-18-8-12/h3-4,6,9-10,12,18H,5,7-8H2,1-2H3,(H,19,20). The zero-order chi connectivity index (χ0) is 14.7. The Kier molecular flexibility index (Phi) is 5.16. The van der Waals surface area contributed by atoms with E-state index in [1.165, 1.54) is 6.07 Å². The Hall–Kier alpha value is -0.940. The van der Waals surface area contributed by atoms with Crippen LogP contribution in [0.3, 0.4) is 0 Å². The summed E-state index contributed by atoms with van der Waals surface area (Å²) in [5.74, 6) is 0.322. The van der Waals surface area contributed by atoms with E-state index in [2.05, 4.69) is 26.6 Å². The second-order valence-electron chi connectivity index (χ2n) is 5.57. The fourth-order valence-electron chi connectivity index (χ4n) is 2.32. The Balaban J connectivity index is 1.86. The molecule has 1 heterocycles. The van der Waals surface area contributed by atoms with Crippen molar-refractivity contribution in [3.05, 3.63) is 34.1 Å². The quantitative estimate of drug-likeness (QED) is 0.863. The van der Waals surface area contributed by atoms with Crippen LogP contribution in [0.5, 0.6) is 0 Å². The maximum atomic E-state index is 13.2. The van der Waals surface area contributed by atoms with E-state index in [1.54, 1.807) is 12.1 Å². The van der Waals surface area contributed by atoms with Crippen molar-refractivity contribution in [2.24, 2.45) is 11.8 Å². The molecule has 0 radical (unpaired) electrons. The second-order valence-corrected chi connectivity index (χ2v) is 6.42. The van der Waals surface area contributed by atoms with Crippen molar-refractivity contribution in [1.29, 1.82) is 0 Å². The predicted octanol–water partition coefficient (Wildman–Crippen LogP) is 2.49. The molecule has 2 unspecified atom stereocenters. The van der Waals surface area contributed by atoms with Crippen LogP contribution in [-0.4, -0.2) is 25.0 Å². The van der Waals surface area contributed by atoms with Gasteiger partial charge in [0, 0.05) is 12.0 Å². The van der Waals surface area contributed by atoms with Crippen molar-refractivity contribution in [1.82, 2.24) is 10.6 Å². The first-order valence-electron chi connectivity index (χ1n) is 6.92. The van der Waals surface area contributed by atoms with Gasteiger partial charge in [-0.05, 0) is 66.0 Å². The molecule has 5 heteroatoms. The molecule has 1 aliphatic rings. The van der Waals surface area contributed by atoms with Crippen LogP contribution in [0.4, 0.5) is 4.39 Å². The van der Waals surface area contributed by atoms with Crippen molar-refractivity contribution >= 4 is 21.8 Å². The molecule has 20 heavy (non-hydrogen) atoms. The Labute approximate surface area is 127 Å². The van der Waals surface area contributed by atoms with Crippen LogP contribution in [0.15, 0.2) is 22.7 Å². The van der Waals surface area contributed by atoms with Gasteiger partial charge in [0.2, 0.25) is 5.91 Å². The largest absolute Gasteiger partial charge is 0.353 e. The average Bonchev–Trinajstić information content (AvgIpc) is 2.31. The van der Waals surface area contributed by atoms with Crippen LogP contribution < -0.4 is 10.6 Å². The average molecular weight is 343 g/mol. The van der Waals surface area contributed by atoms with Gasteiger partial charge in [-0.1, -0.05) is 13.0 Å². The molecule has 1 aromatic carbocycles. The van der Waals surface area contributed by atoms with Crippen molar-refractivity contribution in [2.75, 3.05) is 13.1 Å². The zero-order valence-corrected chi connectivity index (χ0v) is 13.3. The molecule has 2 atom stereocenters. The first-order chi connectivity index (χ1) is 9.47. The van der Waals surface area contributed by atoms with Crippen LogP contribution in [0.25, 0.3) is 0 Å². The Morgan fingerprint density at radius 1 is 1.50 bits per heavy atom. The first-order valence-corrected chi connectivity index (χ1v) is 7.71. The van der Waals surface area contributed by atoms with Crippen molar-refractivity contribution in [3.63, 3.8) is 0 Å². The minimum Gasteiger partial charge on any atom is -0.353 e. The van der Waals surface area contributed by atoms with E-state index in [1.807, 2.05) is 13.8 Å². The van der Waals surface area contributed by atoms with Gasteiger partial charge in [-0.2, -0.15) is 0 Å². The van der Waals surface area contributed by atoms with Crippen LogP contribution in [0.1, 0.15) is 19.4 Å². The summed E-state index contributed by atoms with van der Waals surface area (Å²) >= 11 is 3.18. The maximum absolute atomic E-state index is 13.2. The fourth-order valence-corrected chi connectivity index (χ4v) is 2.75. The van der Waals surface area contributed by atoms with E-state index in [4.69, 9.17) is 0 Å². The van der Waals surface area contributed by atoms with Gasteiger partial charge in [0.1, 0.15) is 5.82 Å². The minimum atomic E-state index is -0.267. The Morgan fingerprint density at radius 3 is 2.75 bits per heavy atom. The van der Waals surface area contributed by atoms with E-state index in [9.17, 15) is 9.18 Å². The maximum Gasteiger partial charge on any atom is 0.223 e. The summed E-state index contributed by atoms with van der Waals surface area (Å²) in [6.45, 7) is 5.80. The van der Waals surface area contributed by atoms with Crippen LogP contribution >= 0.6 is 15.9 Å². The summed E-state index contributed by atoms with van der Waals surface area (Å²) in [7, 11) is 0. The van der Waals surface area contributed by atoms with E-state index in [0.29, 0.717) is 16.8 Å². The van der Waals surface area contributed by atoms with Crippen molar-refractivity contribution in [2.45, 2.75) is 26.3 Å². The number of hydrogen-bond acceptors (Lipinski definition) is 2. The summed E-state index contributed by atoms with van der Waals surface area (Å²) in [6.07, 6.45) is 0.695. The topological polar surface area (TPSA) is 41.1 Å². The highest BCUT2D eigenvalue weighted by molar-refractivity contribution is 9.10. The highest BCUT2D eigenvalue weighted by Crippen LogP contribution is 2.19. The summed E-state index contributed by atoms with van der Waals surface area (Å²) < 4.78 is 13.6. The monoisotopic (exact) mass is 342 g/mol. The molecule has 0 aromatic heterocycles. The molecule has 2 N–H and O–H groups in total. The molecule has 3 nitrogen and oxygen atoms in total. The predicted molar refractivity (Wildman–Crippen MR) is 80.9 cm³/mol. The summed E-state index contributed by atoms with van der Waals surface area (Å²) in [5, 5.41) is 6.22. The van der Waals surface area contributed by atoms with Crippen LogP contribution in [-0.2, 0) is 11.2 Å².